The van der Waals surface area contributed by atoms with Crippen molar-refractivity contribution in [2.75, 3.05) is 46.9 Å². The number of Topliss-reactive ketones (excluding diaryl/α,β-unsaturated/α-hetero) is 1. The average molecular weight is 487 g/mol. The van der Waals surface area contributed by atoms with E-state index in [9.17, 15) is 9.59 Å². The van der Waals surface area contributed by atoms with Gasteiger partial charge in [0.15, 0.2) is 11.5 Å². The number of methoxy groups -OCH3 is 1. The molecule has 5 heteroatoms. The Morgan fingerprint density at radius 1 is 0.800 bits per heavy atom. The summed E-state index contributed by atoms with van der Waals surface area (Å²) in [6.45, 7) is 6.70. The third kappa shape index (κ3) is 11.3. The van der Waals surface area contributed by atoms with E-state index >= 15 is 0 Å². The molecule has 2 rings (SSSR count). The summed E-state index contributed by atoms with van der Waals surface area (Å²) in [4.78, 5) is 30.4. The maximum absolute atomic E-state index is 12.9. The molecule has 1 aliphatic heterocycles. The number of unbranched alkanes of at least 4 members (excludes halogenated alkanes) is 11. The van der Waals surface area contributed by atoms with E-state index in [4.69, 9.17) is 4.74 Å². The zero-order valence-corrected chi connectivity index (χ0v) is 22.8. The number of carbonyl (C=O) groups is 2. The van der Waals surface area contributed by atoms with Gasteiger partial charge in [-0.25, -0.2) is 0 Å². The number of carbonyl (C=O) groups excluding carboxylic acids is 2. The Labute approximate surface area is 214 Å². The van der Waals surface area contributed by atoms with Gasteiger partial charge >= 0.3 is 0 Å². The zero-order valence-electron chi connectivity index (χ0n) is 22.8. The first-order chi connectivity index (χ1) is 17.1. The first-order valence-corrected chi connectivity index (χ1v) is 14.2. The van der Waals surface area contributed by atoms with Crippen LogP contribution in [0.2, 0.25) is 0 Å². The van der Waals surface area contributed by atoms with Crippen LogP contribution in [0.4, 0.5) is 0 Å². The molecule has 0 spiro atoms. The van der Waals surface area contributed by atoms with Crippen LogP contribution in [0.3, 0.4) is 0 Å². The second-order valence-corrected chi connectivity index (χ2v) is 10.3. The highest BCUT2D eigenvalue weighted by Gasteiger charge is 2.30. The summed E-state index contributed by atoms with van der Waals surface area (Å²) in [6.07, 6.45) is 23.0. The molecule has 0 bridgehead atoms. The standard InChI is InChI=1S/C30H50N2O3/c1-4-5-6-7-8-9-10-11-12-13-14-15-16-17-18-19-26-27(25-32-22-20-31(2)21-23-32)28(33)24-29(35-3)30(26)34/h9-10,24H,4-8,11-23,25H2,1-3H3/b10-9-. The van der Waals surface area contributed by atoms with Crippen LogP contribution in [-0.4, -0.2) is 68.2 Å². The predicted octanol–water partition coefficient (Wildman–Crippen LogP) is 6.25. The highest BCUT2D eigenvalue weighted by molar-refractivity contribution is 6.22. The van der Waals surface area contributed by atoms with Gasteiger partial charge in [0.25, 0.3) is 0 Å². The molecular formula is C30H50N2O3. The van der Waals surface area contributed by atoms with Crippen LogP contribution in [0.25, 0.3) is 0 Å². The third-order valence-corrected chi connectivity index (χ3v) is 7.31. The molecule has 0 aromatic carbocycles. The molecule has 0 saturated carbocycles. The van der Waals surface area contributed by atoms with E-state index in [1.54, 1.807) is 0 Å². The van der Waals surface area contributed by atoms with E-state index in [1.165, 1.54) is 83.8 Å². The molecule has 0 unspecified atom stereocenters. The molecule has 0 radical (unpaired) electrons. The Balaban J connectivity index is 1.66. The molecule has 0 N–H and O–H groups in total. The number of ketones is 2. The molecule has 1 heterocycles. The molecule has 1 fully saturated rings. The fourth-order valence-electron chi connectivity index (χ4n) is 4.90. The van der Waals surface area contributed by atoms with Gasteiger partial charge in [0.1, 0.15) is 0 Å². The zero-order chi connectivity index (χ0) is 25.3. The van der Waals surface area contributed by atoms with E-state index in [2.05, 4.69) is 35.9 Å². The number of ether oxygens (including phenoxy) is 1. The fourth-order valence-corrected chi connectivity index (χ4v) is 4.90. The normalized spacial score (nSPS) is 18.1. The lowest BCUT2D eigenvalue weighted by Gasteiger charge is -2.33. The average Bonchev–Trinajstić information content (AvgIpc) is 2.86. The Morgan fingerprint density at radius 3 is 1.97 bits per heavy atom. The monoisotopic (exact) mass is 486 g/mol. The summed E-state index contributed by atoms with van der Waals surface area (Å²) in [6, 6.07) is 0. The molecule has 198 valence electrons. The van der Waals surface area contributed by atoms with Crippen molar-refractivity contribution in [2.45, 2.75) is 96.8 Å². The minimum Gasteiger partial charge on any atom is -0.493 e. The van der Waals surface area contributed by atoms with Crippen molar-refractivity contribution in [3.8, 4) is 0 Å². The highest BCUT2D eigenvalue weighted by Crippen LogP contribution is 2.26. The quantitative estimate of drug-likeness (QED) is 0.130. The molecule has 35 heavy (non-hydrogen) atoms. The van der Waals surface area contributed by atoms with Gasteiger partial charge in [0.2, 0.25) is 5.78 Å². The van der Waals surface area contributed by atoms with Crippen molar-refractivity contribution in [1.82, 2.24) is 9.80 Å². The number of piperazine rings is 1. The predicted molar refractivity (Wildman–Crippen MR) is 146 cm³/mol. The molecular weight excluding hydrogens is 436 g/mol. The van der Waals surface area contributed by atoms with Gasteiger partial charge in [-0.3, -0.25) is 14.5 Å². The van der Waals surface area contributed by atoms with Crippen molar-refractivity contribution in [2.24, 2.45) is 0 Å². The van der Waals surface area contributed by atoms with Gasteiger partial charge < -0.3 is 9.64 Å². The number of hydrogen-bond donors (Lipinski definition) is 0. The van der Waals surface area contributed by atoms with Crippen LogP contribution in [-0.2, 0) is 14.3 Å². The summed E-state index contributed by atoms with van der Waals surface area (Å²) in [5, 5.41) is 0. The van der Waals surface area contributed by atoms with E-state index < -0.39 is 0 Å². The van der Waals surface area contributed by atoms with Crippen LogP contribution in [0.15, 0.2) is 35.1 Å². The number of nitrogens with zero attached hydrogens (tertiary/aromatic N) is 2. The first kappa shape index (κ1) is 29.5. The molecule has 1 aliphatic carbocycles. The number of rotatable bonds is 18. The Kier molecular flexibility index (Phi) is 14.9. The Morgan fingerprint density at radius 2 is 1.37 bits per heavy atom. The van der Waals surface area contributed by atoms with E-state index in [0.29, 0.717) is 24.1 Å². The Bertz CT molecular complexity index is 730. The topological polar surface area (TPSA) is 49.9 Å². The van der Waals surface area contributed by atoms with Crippen molar-refractivity contribution < 1.29 is 14.3 Å². The fraction of sp³-hybridized carbons (Fsp3) is 0.733. The van der Waals surface area contributed by atoms with Gasteiger partial charge in [-0.15, -0.1) is 0 Å². The smallest absolute Gasteiger partial charge is 0.224 e. The molecule has 0 atom stereocenters. The lowest BCUT2D eigenvalue weighted by Crippen LogP contribution is -2.46. The van der Waals surface area contributed by atoms with Gasteiger partial charge in [-0.05, 0) is 45.6 Å². The van der Waals surface area contributed by atoms with Crippen molar-refractivity contribution in [3.63, 3.8) is 0 Å². The van der Waals surface area contributed by atoms with Gasteiger partial charge in [0.05, 0.1) is 7.11 Å². The maximum atomic E-state index is 12.9. The van der Waals surface area contributed by atoms with E-state index in [1.807, 2.05) is 0 Å². The number of likely N-dealkylation sites (N-methyl/N-ethyl adjacent to an activating group) is 1. The third-order valence-electron chi connectivity index (χ3n) is 7.31. The lowest BCUT2D eigenvalue weighted by molar-refractivity contribution is -0.118. The second kappa shape index (κ2) is 17.7. The van der Waals surface area contributed by atoms with Crippen molar-refractivity contribution in [1.29, 1.82) is 0 Å². The highest BCUT2D eigenvalue weighted by atomic mass is 16.5. The van der Waals surface area contributed by atoms with Crippen LogP contribution in [0.5, 0.6) is 0 Å². The summed E-state index contributed by atoms with van der Waals surface area (Å²) >= 11 is 0. The summed E-state index contributed by atoms with van der Waals surface area (Å²) in [5.74, 6) is 0.0576. The molecule has 2 aliphatic rings. The van der Waals surface area contributed by atoms with Gasteiger partial charge in [-0.1, -0.05) is 70.4 Å². The molecule has 1 saturated heterocycles. The maximum Gasteiger partial charge on any atom is 0.224 e. The summed E-state index contributed by atoms with van der Waals surface area (Å²) in [7, 11) is 3.60. The lowest BCUT2D eigenvalue weighted by atomic mass is 9.89. The molecule has 0 aromatic heterocycles. The van der Waals surface area contributed by atoms with Crippen LogP contribution in [0.1, 0.15) is 96.8 Å². The van der Waals surface area contributed by atoms with E-state index in [0.717, 1.165) is 39.0 Å². The van der Waals surface area contributed by atoms with Gasteiger partial charge in [0, 0.05) is 49.9 Å². The minimum absolute atomic E-state index is 0.0506. The summed E-state index contributed by atoms with van der Waals surface area (Å²) < 4.78 is 5.22. The largest absolute Gasteiger partial charge is 0.493 e. The number of allylic oxidation sites excluding steroid dienone is 4. The van der Waals surface area contributed by atoms with Crippen LogP contribution >= 0.6 is 0 Å². The minimum atomic E-state index is -0.0883. The Hall–Kier alpha value is -1.72. The molecule has 0 aromatic rings. The van der Waals surface area contributed by atoms with Crippen LogP contribution < -0.4 is 0 Å². The van der Waals surface area contributed by atoms with Crippen molar-refractivity contribution in [3.05, 3.63) is 35.1 Å². The summed E-state index contributed by atoms with van der Waals surface area (Å²) in [5.41, 5.74) is 1.38. The first-order valence-electron chi connectivity index (χ1n) is 14.2. The SMILES string of the molecule is CCCCCC/C=C\CCCCCCCCCC1=C(CN2CCN(C)CC2)C(=O)C=C(OC)C1=O. The second-order valence-electron chi connectivity index (χ2n) is 10.3. The van der Waals surface area contributed by atoms with Gasteiger partial charge in [-0.2, -0.15) is 0 Å². The molecule has 0 amide bonds. The van der Waals surface area contributed by atoms with Crippen LogP contribution in [0, 0.1) is 0 Å². The number of hydrogen-bond acceptors (Lipinski definition) is 5. The van der Waals surface area contributed by atoms with Crippen molar-refractivity contribution >= 4 is 11.6 Å². The van der Waals surface area contributed by atoms with E-state index in [-0.39, 0.29) is 17.3 Å². The molecule has 5 nitrogen and oxygen atoms in total.